The zero-order valence-electron chi connectivity index (χ0n) is 10.3. The highest BCUT2D eigenvalue weighted by Crippen LogP contribution is 2.19. The van der Waals surface area contributed by atoms with E-state index in [2.05, 4.69) is 15.3 Å². The van der Waals surface area contributed by atoms with Crippen LogP contribution in [0.25, 0.3) is 0 Å². The number of aromatic nitrogens is 2. The van der Waals surface area contributed by atoms with Gasteiger partial charge in [-0.2, -0.15) is 4.98 Å². The highest BCUT2D eigenvalue weighted by atomic mass is 16.6. The smallest absolute Gasteiger partial charge is 0.389 e. The van der Waals surface area contributed by atoms with Gasteiger partial charge in [-0.15, -0.1) is 0 Å². The van der Waals surface area contributed by atoms with Gasteiger partial charge in [-0.3, -0.25) is 0 Å². The van der Waals surface area contributed by atoms with Crippen molar-refractivity contribution in [2.24, 2.45) is 0 Å². The number of nitro groups is 2. The molecule has 2 rings (SSSR count). The summed E-state index contributed by atoms with van der Waals surface area (Å²) in [6.07, 6.45) is 0.204. The number of H-pyrrole nitrogens is 1. The van der Waals surface area contributed by atoms with Gasteiger partial charge in [0.05, 0.1) is 0 Å². The Kier molecular flexibility index (Phi) is 3.89. The summed E-state index contributed by atoms with van der Waals surface area (Å²) in [6, 6.07) is 9.27. The van der Waals surface area contributed by atoms with Crippen LogP contribution in [0.4, 0.5) is 17.5 Å². The van der Waals surface area contributed by atoms with Crippen molar-refractivity contribution in [1.82, 2.24) is 9.97 Å². The van der Waals surface area contributed by atoms with Crippen LogP contribution in [0.2, 0.25) is 0 Å². The van der Waals surface area contributed by atoms with E-state index in [4.69, 9.17) is 0 Å². The average molecular weight is 277 g/mol. The molecule has 0 atom stereocenters. The summed E-state index contributed by atoms with van der Waals surface area (Å²) in [4.78, 5) is 25.6. The average Bonchev–Trinajstić information content (AvgIpc) is 2.84. The molecule has 2 aromatic rings. The number of para-hydroxylation sites is 1. The predicted octanol–water partition coefficient (Wildman–Crippen LogP) is 1.88. The van der Waals surface area contributed by atoms with E-state index in [-0.39, 0.29) is 12.1 Å². The van der Waals surface area contributed by atoms with Crippen molar-refractivity contribution in [3.63, 3.8) is 0 Å². The number of hydrogen-bond donors (Lipinski definition) is 2. The summed E-state index contributed by atoms with van der Waals surface area (Å²) in [7, 11) is 0. The van der Waals surface area contributed by atoms with E-state index in [1.165, 1.54) is 0 Å². The number of aromatic amines is 1. The van der Waals surface area contributed by atoms with E-state index < -0.39 is 21.6 Å². The normalized spacial score (nSPS) is 10.2. The van der Waals surface area contributed by atoms with Crippen LogP contribution in [0.15, 0.2) is 30.3 Å². The quantitative estimate of drug-likeness (QED) is 0.613. The van der Waals surface area contributed by atoms with Crippen molar-refractivity contribution in [1.29, 1.82) is 0 Å². The van der Waals surface area contributed by atoms with Crippen molar-refractivity contribution in [3.8, 4) is 0 Å². The molecule has 0 aliphatic heterocycles. The maximum Gasteiger partial charge on any atom is 0.464 e. The summed E-state index contributed by atoms with van der Waals surface area (Å²) >= 11 is 0. The maximum atomic E-state index is 10.8. The van der Waals surface area contributed by atoms with Crippen LogP contribution in [0.5, 0.6) is 0 Å². The van der Waals surface area contributed by atoms with Crippen molar-refractivity contribution in [3.05, 3.63) is 56.3 Å². The zero-order valence-corrected chi connectivity index (χ0v) is 10.3. The van der Waals surface area contributed by atoms with Crippen molar-refractivity contribution < 1.29 is 9.85 Å². The van der Waals surface area contributed by atoms with E-state index in [0.717, 1.165) is 5.69 Å². The number of rotatable bonds is 6. The molecule has 0 saturated heterocycles. The molecule has 0 fully saturated rings. The van der Waals surface area contributed by atoms with Gasteiger partial charge in [0, 0.05) is 18.7 Å². The molecule has 0 aliphatic rings. The van der Waals surface area contributed by atoms with Gasteiger partial charge in [0.25, 0.3) is 0 Å². The Labute approximate surface area is 113 Å². The number of nitrogens with zero attached hydrogens (tertiary/aromatic N) is 3. The molecular formula is C11H11N5O4. The third kappa shape index (κ3) is 3.07. The Morgan fingerprint density at radius 3 is 2.45 bits per heavy atom. The molecule has 1 aromatic heterocycles. The molecule has 1 aromatic carbocycles. The van der Waals surface area contributed by atoms with E-state index in [9.17, 15) is 20.2 Å². The number of nitrogens with one attached hydrogen (secondary N) is 2. The van der Waals surface area contributed by atoms with Crippen molar-refractivity contribution in [2.45, 2.75) is 6.42 Å². The Morgan fingerprint density at radius 2 is 1.85 bits per heavy atom. The van der Waals surface area contributed by atoms with Gasteiger partial charge in [-0.1, -0.05) is 23.2 Å². The first-order chi connectivity index (χ1) is 9.58. The number of anilines is 1. The molecule has 0 radical (unpaired) electrons. The monoisotopic (exact) mass is 277 g/mol. The van der Waals surface area contributed by atoms with Gasteiger partial charge in [-0.25, -0.2) is 0 Å². The fourth-order valence-corrected chi connectivity index (χ4v) is 1.68. The molecule has 0 amide bonds. The standard InChI is InChI=1S/C11H11N5O4/c17-15(18)10-9(13-11(14-10)16(19)20)6-7-12-8-4-2-1-3-5-8/h1-5,12H,6-7H2,(H,13,14). The minimum Gasteiger partial charge on any atom is -0.389 e. The summed E-state index contributed by atoms with van der Waals surface area (Å²) in [5.41, 5.74) is 0.922. The highest BCUT2D eigenvalue weighted by Gasteiger charge is 2.25. The number of benzene rings is 1. The van der Waals surface area contributed by atoms with Gasteiger partial charge < -0.3 is 25.5 Å². The molecule has 0 aliphatic carbocycles. The first-order valence-corrected chi connectivity index (χ1v) is 5.74. The van der Waals surface area contributed by atoms with Gasteiger partial charge in [-0.05, 0) is 22.0 Å². The second kappa shape index (κ2) is 5.78. The van der Waals surface area contributed by atoms with Crippen LogP contribution in [0.1, 0.15) is 5.69 Å². The molecule has 9 heteroatoms. The van der Waals surface area contributed by atoms with Gasteiger partial charge in [0.15, 0.2) is 0 Å². The van der Waals surface area contributed by atoms with Crippen molar-refractivity contribution >= 4 is 17.5 Å². The summed E-state index contributed by atoms with van der Waals surface area (Å²) in [6.45, 7) is 0.382. The van der Waals surface area contributed by atoms with Gasteiger partial charge in [0.2, 0.25) is 5.69 Å². The Hall–Kier alpha value is -2.97. The molecule has 0 unspecified atom stereocenters. The minimum atomic E-state index is -0.791. The fraction of sp³-hybridized carbons (Fsp3) is 0.182. The maximum absolute atomic E-state index is 10.8. The van der Waals surface area contributed by atoms with Crippen LogP contribution in [0.3, 0.4) is 0 Å². The molecule has 1 heterocycles. The van der Waals surface area contributed by atoms with Gasteiger partial charge in [0.1, 0.15) is 0 Å². The molecule has 0 spiro atoms. The van der Waals surface area contributed by atoms with Crippen LogP contribution >= 0.6 is 0 Å². The lowest BCUT2D eigenvalue weighted by Crippen LogP contribution is -2.06. The van der Waals surface area contributed by atoms with E-state index in [0.29, 0.717) is 6.54 Å². The summed E-state index contributed by atoms with van der Waals surface area (Å²) in [5, 5.41) is 24.4. The second-order valence-electron chi connectivity index (χ2n) is 3.91. The first kappa shape index (κ1) is 13.5. The Balaban J connectivity index is 2.05. The Morgan fingerprint density at radius 1 is 1.15 bits per heavy atom. The predicted molar refractivity (Wildman–Crippen MR) is 70.5 cm³/mol. The molecular weight excluding hydrogens is 266 g/mol. The highest BCUT2D eigenvalue weighted by molar-refractivity contribution is 5.43. The van der Waals surface area contributed by atoms with E-state index in [1.807, 2.05) is 30.3 Å². The van der Waals surface area contributed by atoms with Crippen LogP contribution in [-0.2, 0) is 6.42 Å². The molecule has 9 nitrogen and oxygen atoms in total. The molecule has 0 saturated carbocycles. The molecule has 104 valence electrons. The van der Waals surface area contributed by atoms with Crippen LogP contribution in [0, 0.1) is 20.2 Å². The molecule has 0 bridgehead atoms. The lowest BCUT2D eigenvalue weighted by molar-refractivity contribution is -0.402. The second-order valence-corrected chi connectivity index (χ2v) is 3.91. The number of hydrogen-bond acceptors (Lipinski definition) is 6. The van der Waals surface area contributed by atoms with Gasteiger partial charge >= 0.3 is 11.8 Å². The molecule has 20 heavy (non-hydrogen) atoms. The first-order valence-electron chi connectivity index (χ1n) is 5.74. The van der Waals surface area contributed by atoms with Crippen LogP contribution in [-0.4, -0.2) is 26.4 Å². The van der Waals surface area contributed by atoms with Crippen LogP contribution < -0.4 is 5.32 Å². The summed E-state index contributed by atoms with van der Waals surface area (Å²) < 4.78 is 0. The third-order valence-corrected chi connectivity index (χ3v) is 2.56. The van der Waals surface area contributed by atoms with E-state index in [1.54, 1.807) is 0 Å². The minimum absolute atomic E-state index is 0.0603. The molecule has 2 N–H and O–H groups in total. The number of imidazole rings is 1. The lowest BCUT2D eigenvalue weighted by Gasteiger charge is -2.03. The Bertz CT molecular complexity index is 625. The van der Waals surface area contributed by atoms with E-state index >= 15 is 0 Å². The van der Waals surface area contributed by atoms with Crippen molar-refractivity contribution in [2.75, 3.05) is 11.9 Å². The topological polar surface area (TPSA) is 127 Å². The summed E-state index contributed by atoms with van der Waals surface area (Å²) in [5.74, 6) is -1.06. The SMILES string of the molecule is O=[N+]([O-])c1nc(CCNc2ccccc2)c([N+](=O)[O-])[nH]1. The third-order valence-electron chi connectivity index (χ3n) is 2.56. The zero-order chi connectivity index (χ0) is 14.5. The largest absolute Gasteiger partial charge is 0.464 e. The fourth-order valence-electron chi connectivity index (χ4n) is 1.68. The lowest BCUT2D eigenvalue weighted by atomic mass is 10.3.